The van der Waals surface area contributed by atoms with Crippen LogP contribution in [0.5, 0.6) is 0 Å². The number of nitrogens with zero attached hydrogens (tertiary/aromatic N) is 3. The first-order valence-electron chi connectivity index (χ1n) is 9.02. The van der Waals surface area contributed by atoms with Crippen molar-refractivity contribution in [1.82, 2.24) is 15.6 Å². The second-order valence-electron chi connectivity index (χ2n) is 6.20. The van der Waals surface area contributed by atoms with Gasteiger partial charge in [0.15, 0.2) is 11.1 Å². The lowest BCUT2D eigenvalue weighted by molar-refractivity contribution is 0.0168. The van der Waals surface area contributed by atoms with E-state index in [1.807, 2.05) is 19.0 Å². The SMILES string of the molecule is CCNC(=NCc1csc(N(C)C)n1)NCCCOCC1CCCO1.I. The number of anilines is 1. The summed E-state index contributed by atoms with van der Waals surface area (Å²) in [4.78, 5) is 11.2. The van der Waals surface area contributed by atoms with E-state index in [0.29, 0.717) is 19.3 Å². The van der Waals surface area contributed by atoms with Gasteiger partial charge in [-0.3, -0.25) is 0 Å². The molecule has 0 aliphatic carbocycles. The first kappa shape index (κ1) is 23.4. The molecule has 0 amide bonds. The van der Waals surface area contributed by atoms with Gasteiger partial charge in [-0.2, -0.15) is 0 Å². The minimum Gasteiger partial charge on any atom is -0.379 e. The lowest BCUT2D eigenvalue weighted by atomic mass is 10.2. The highest BCUT2D eigenvalue weighted by molar-refractivity contribution is 14.0. The summed E-state index contributed by atoms with van der Waals surface area (Å²) < 4.78 is 11.2. The number of guanidine groups is 1. The Labute approximate surface area is 178 Å². The standard InChI is InChI=1S/C17H31N5O2S.HI/c1-4-18-16(20-11-14-13-25-17(21-14)22(2)3)19-8-6-9-23-12-15-7-5-10-24-15;/h13,15H,4-12H2,1-3H3,(H2,18,19,20);1H. The van der Waals surface area contributed by atoms with E-state index in [1.165, 1.54) is 0 Å². The van der Waals surface area contributed by atoms with Crippen molar-refractivity contribution in [2.75, 3.05) is 51.9 Å². The van der Waals surface area contributed by atoms with Gasteiger partial charge >= 0.3 is 0 Å². The van der Waals surface area contributed by atoms with Crippen molar-refractivity contribution in [3.8, 4) is 0 Å². The van der Waals surface area contributed by atoms with Crippen LogP contribution in [0.2, 0.25) is 0 Å². The van der Waals surface area contributed by atoms with Crippen LogP contribution in [-0.2, 0) is 16.0 Å². The van der Waals surface area contributed by atoms with Gasteiger partial charge in [0, 0.05) is 45.8 Å². The van der Waals surface area contributed by atoms with Crippen LogP contribution in [0.4, 0.5) is 5.13 Å². The normalized spacial score (nSPS) is 17.0. The van der Waals surface area contributed by atoms with Crippen LogP contribution in [0.25, 0.3) is 0 Å². The van der Waals surface area contributed by atoms with Gasteiger partial charge in [0.2, 0.25) is 0 Å². The van der Waals surface area contributed by atoms with E-state index in [4.69, 9.17) is 9.47 Å². The number of aromatic nitrogens is 1. The van der Waals surface area contributed by atoms with E-state index in [2.05, 4.69) is 32.9 Å². The number of thiazole rings is 1. The molecule has 9 heteroatoms. The van der Waals surface area contributed by atoms with E-state index in [1.54, 1.807) is 11.3 Å². The molecule has 1 atom stereocenters. The van der Waals surface area contributed by atoms with Crippen LogP contribution in [-0.4, -0.2) is 64.1 Å². The zero-order valence-corrected chi connectivity index (χ0v) is 19.1. The molecule has 2 heterocycles. The molecule has 26 heavy (non-hydrogen) atoms. The van der Waals surface area contributed by atoms with Gasteiger partial charge in [0.1, 0.15) is 0 Å². The molecule has 0 aromatic carbocycles. The summed E-state index contributed by atoms with van der Waals surface area (Å²) in [5.74, 6) is 0.820. The fourth-order valence-corrected chi connectivity index (χ4v) is 3.20. The fraction of sp³-hybridized carbons (Fsp3) is 0.765. The molecule has 0 bridgehead atoms. The highest BCUT2D eigenvalue weighted by atomic mass is 127. The van der Waals surface area contributed by atoms with Crippen LogP contribution >= 0.6 is 35.3 Å². The van der Waals surface area contributed by atoms with E-state index in [9.17, 15) is 0 Å². The third-order valence-corrected chi connectivity index (χ3v) is 4.81. The fourth-order valence-electron chi connectivity index (χ4n) is 2.45. The minimum absolute atomic E-state index is 0. The van der Waals surface area contributed by atoms with Crippen LogP contribution < -0.4 is 15.5 Å². The van der Waals surface area contributed by atoms with Gasteiger partial charge in [-0.15, -0.1) is 35.3 Å². The Morgan fingerprint density at radius 2 is 2.31 bits per heavy atom. The molecule has 2 rings (SSSR count). The van der Waals surface area contributed by atoms with Gasteiger partial charge in [-0.25, -0.2) is 9.98 Å². The number of hydrogen-bond acceptors (Lipinski definition) is 6. The Morgan fingerprint density at radius 3 is 2.96 bits per heavy atom. The highest BCUT2D eigenvalue weighted by Crippen LogP contribution is 2.18. The number of rotatable bonds is 10. The maximum Gasteiger partial charge on any atom is 0.191 e. The van der Waals surface area contributed by atoms with Crippen LogP contribution in [0.1, 0.15) is 31.9 Å². The van der Waals surface area contributed by atoms with E-state index >= 15 is 0 Å². The number of halogens is 1. The topological polar surface area (TPSA) is 71.0 Å². The Morgan fingerprint density at radius 1 is 1.46 bits per heavy atom. The zero-order valence-electron chi connectivity index (χ0n) is 16.0. The van der Waals surface area contributed by atoms with Gasteiger partial charge in [-0.1, -0.05) is 0 Å². The molecule has 1 unspecified atom stereocenters. The molecule has 1 fully saturated rings. The van der Waals surface area contributed by atoms with Crippen LogP contribution in [0, 0.1) is 0 Å². The van der Waals surface area contributed by atoms with Crippen molar-refractivity contribution < 1.29 is 9.47 Å². The monoisotopic (exact) mass is 497 g/mol. The largest absolute Gasteiger partial charge is 0.379 e. The Kier molecular flexibility index (Phi) is 12.2. The second-order valence-corrected chi connectivity index (χ2v) is 7.04. The van der Waals surface area contributed by atoms with E-state index < -0.39 is 0 Å². The predicted molar refractivity (Wildman–Crippen MR) is 119 cm³/mol. The summed E-state index contributed by atoms with van der Waals surface area (Å²) in [7, 11) is 4.00. The predicted octanol–water partition coefficient (Wildman–Crippen LogP) is 2.47. The van der Waals surface area contributed by atoms with Gasteiger partial charge in [-0.05, 0) is 26.2 Å². The van der Waals surface area contributed by atoms with Crippen LogP contribution in [0.15, 0.2) is 10.4 Å². The molecular formula is C17H32IN5O2S. The molecule has 1 aliphatic rings. The summed E-state index contributed by atoms with van der Waals surface area (Å²) >= 11 is 1.64. The quantitative estimate of drug-likeness (QED) is 0.224. The highest BCUT2D eigenvalue weighted by Gasteiger charge is 2.14. The number of hydrogen-bond donors (Lipinski definition) is 2. The Bertz CT molecular complexity index is 521. The summed E-state index contributed by atoms with van der Waals surface area (Å²) in [5.41, 5.74) is 0.991. The van der Waals surface area contributed by atoms with E-state index in [-0.39, 0.29) is 24.0 Å². The molecule has 0 saturated carbocycles. The van der Waals surface area contributed by atoms with Crippen LogP contribution in [0.3, 0.4) is 0 Å². The smallest absolute Gasteiger partial charge is 0.191 e. The lowest BCUT2D eigenvalue weighted by Gasteiger charge is -2.12. The molecule has 1 saturated heterocycles. The Balaban J connectivity index is 0.00000338. The molecule has 7 nitrogen and oxygen atoms in total. The number of nitrogens with one attached hydrogen (secondary N) is 2. The average Bonchev–Trinajstić information content (AvgIpc) is 3.27. The molecule has 1 aromatic heterocycles. The molecule has 0 radical (unpaired) electrons. The van der Waals surface area contributed by atoms with Crippen molar-refractivity contribution in [3.63, 3.8) is 0 Å². The molecule has 1 aliphatic heterocycles. The third kappa shape index (κ3) is 8.83. The summed E-state index contributed by atoms with van der Waals surface area (Å²) in [5, 5.41) is 9.67. The first-order chi connectivity index (χ1) is 12.2. The third-order valence-electron chi connectivity index (χ3n) is 3.75. The summed E-state index contributed by atoms with van der Waals surface area (Å²) in [6.45, 7) is 6.65. The van der Waals surface area contributed by atoms with Crippen molar-refractivity contribution in [3.05, 3.63) is 11.1 Å². The second kappa shape index (κ2) is 13.5. The van der Waals surface area contributed by atoms with Gasteiger partial charge in [0.05, 0.1) is 24.9 Å². The summed E-state index contributed by atoms with van der Waals surface area (Å²) in [6.07, 6.45) is 3.53. The van der Waals surface area contributed by atoms with Crippen molar-refractivity contribution in [2.45, 2.75) is 38.8 Å². The average molecular weight is 497 g/mol. The van der Waals surface area contributed by atoms with Gasteiger partial charge < -0.3 is 25.0 Å². The van der Waals surface area contributed by atoms with E-state index in [0.717, 1.165) is 62.4 Å². The summed E-state index contributed by atoms with van der Waals surface area (Å²) in [6, 6.07) is 0. The number of aliphatic imine (C=N–C) groups is 1. The minimum atomic E-state index is 0. The molecule has 2 N–H and O–H groups in total. The van der Waals surface area contributed by atoms with Crippen molar-refractivity contribution in [1.29, 1.82) is 0 Å². The van der Waals surface area contributed by atoms with Crippen molar-refractivity contribution in [2.24, 2.45) is 4.99 Å². The molecule has 150 valence electrons. The Hall–Kier alpha value is -0.650. The number of ether oxygens (including phenoxy) is 2. The molecular weight excluding hydrogens is 465 g/mol. The zero-order chi connectivity index (χ0) is 17.9. The lowest BCUT2D eigenvalue weighted by Crippen LogP contribution is -2.38. The molecule has 1 aromatic rings. The maximum atomic E-state index is 5.68. The van der Waals surface area contributed by atoms with Crippen molar-refractivity contribution >= 4 is 46.4 Å². The first-order valence-corrected chi connectivity index (χ1v) is 9.90. The maximum absolute atomic E-state index is 5.68. The van der Waals surface area contributed by atoms with Gasteiger partial charge in [0.25, 0.3) is 0 Å². The molecule has 0 spiro atoms.